The number of rotatable bonds is 4. The number of hydrogen-bond donors (Lipinski definition) is 0. The van der Waals surface area contributed by atoms with Gasteiger partial charge >= 0.3 is 0 Å². The molecule has 0 radical (unpaired) electrons. The van der Waals surface area contributed by atoms with Gasteiger partial charge < -0.3 is 0 Å². The molecule has 1 aromatic carbocycles. The molecule has 2 rings (SSSR count). The summed E-state index contributed by atoms with van der Waals surface area (Å²) in [5.41, 5.74) is 2.04. The van der Waals surface area contributed by atoms with E-state index in [0.29, 0.717) is 5.92 Å². The van der Waals surface area contributed by atoms with Crippen LogP contribution in [0.4, 0.5) is 0 Å². The fourth-order valence-electron chi connectivity index (χ4n) is 2.01. The SMILES string of the molecule is Cc1ccc(C(=O)c2cccc(CC(C)C)c2)s1. The molecule has 2 heteroatoms. The van der Waals surface area contributed by atoms with Gasteiger partial charge in [0.2, 0.25) is 5.78 Å². The van der Waals surface area contributed by atoms with E-state index < -0.39 is 0 Å². The van der Waals surface area contributed by atoms with E-state index in [1.165, 1.54) is 10.4 Å². The third kappa shape index (κ3) is 3.08. The normalized spacial score (nSPS) is 10.9. The number of carbonyl (C=O) groups is 1. The first kappa shape index (κ1) is 13.0. The Bertz CT molecular complexity index is 552. The molecule has 18 heavy (non-hydrogen) atoms. The van der Waals surface area contributed by atoms with Crippen molar-refractivity contribution in [3.8, 4) is 0 Å². The second-order valence-corrected chi connectivity index (χ2v) is 6.33. The summed E-state index contributed by atoms with van der Waals surface area (Å²) in [6.07, 6.45) is 1.02. The molecule has 0 amide bonds. The fourth-order valence-corrected chi connectivity index (χ4v) is 2.84. The molecular weight excluding hydrogens is 240 g/mol. The lowest BCUT2D eigenvalue weighted by molar-refractivity contribution is 0.104. The largest absolute Gasteiger partial charge is 0.288 e. The first-order valence-corrected chi connectivity index (χ1v) is 7.08. The lowest BCUT2D eigenvalue weighted by Crippen LogP contribution is -2.01. The molecule has 1 aromatic heterocycles. The van der Waals surface area contributed by atoms with Gasteiger partial charge in [-0.2, -0.15) is 0 Å². The molecule has 0 fully saturated rings. The van der Waals surface area contributed by atoms with Crippen LogP contribution in [0.3, 0.4) is 0 Å². The van der Waals surface area contributed by atoms with Crippen molar-refractivity contribution < 1.29 is 4.79 Å². The molecule has 0 bridgehead atoms. The van der Waals surface area contributed by atoms with Gasteiger partial charge in [-0.1, -0.05) is 32.0 Å². The summed E-state index contributed by atoms with van der Waals surface area (Å²) in [5, 5.41) is 0. The molecule has 0 spiro atoms. The quantitative estimate of drug-likeness (QED) is 0.739. The highest BCUT2D eigenvalue weighted by Crippen LogP contribution is 2.20. The third-order valence-corrected chi connectivity index (χ3v) is 3.80. The second kappa shape index (κ2) is 5.49. The second-order valence-electron chi connectivity index (χ2n) is 5.04. The van der Waals surface area contributed by atoms with E-state index in [1.54, 1.807) is 11.3 Å². The molecular formula is C16H18OS. The molecule has 94 valence electrons. The number of carbonyl (C=O) groups excluding carboxylic acids is 1. The summed E-state index contributed by atoms with van der Waals surface area (Å²) in [7, 11) is 0. The number of ketones is 1. The van der Waals surface area contributed by atoms with Crippen LogP contribution in [-0.4, -0.2) is 5.78 Å². The molecule has 0 aliphatic carbocycles. The average molecular weight is 258 g/mol. The molecule has 0 atom stereocenters. The van der Waals surface area contributed by atoms with Gasteiger partial charge in [-0.15, -0.1) is 11.3 Å². The molecule has 0 N–H and O–H groups in total. The van der Waals surface area contributed by atoms with E-state index in [2.05, 4.69) is 19.9 Å². The van der Waals surface area contributed by atoms with E-state index in [0.717, 1.165) is 16.9 Å². The summed E-state index contributed by atoms with van der Waals surface area (Å²) in [5.74, 6) is 0.748. The predicted molar refractivity (Wildman–Crippen MR) is 77.5 cm³/mol. The van der Waals surface area contributed by atoms with Gasteiger partial charge in [0.05, 0.1) is 4.88 Å². The minimum absolute atomic E-state index is 0.138. The highest BCUT2D eigenvalue weighted by Gasteiger charge is 2.11. The zero-order valence-corrected chi connectivity index (χ0v) is 11.9. The Balaban J connectivity index is 2.25. The van der Waals surface area contributed by atoms with Gasteiger partial charge in [0.15, 0.2) is 0 Å². The highest BCUT2D eigenvalue weighted by atomic mass is 32.1. The number of thiophene rings is 1. The third-order valence-electron chi connectivity index (χ3n) is 2.80. The van der Waals surface area contributed by atoms with Crippen molar-refractivity contribution in [3.05, 3.63) is 57.3 Å². The minimum Gasteiger partial charge on any atom is -0.288 e. The van der Waals surface area contributed by atoms with Crippen LogP contribution >= 0.6 is 11.3 Å². The van der Waals surface area contributed by atoms with Crippen LogP contribution in [0, 0.1) is 12.8 Å². The Labute approximate surface area is 112 Å². The number of aryl methyl sites for hydroxylation is 1. The molecule has 1 nitrogen and oxygen atoms in total. The molecule has 0 aliphatic rings. The minimum atomic E-state index is 0.138. The maximum atomic E-state index is 12.3. The van der Waals surface area contributed by atoms with Crippen LogP contribution in [0.2, 0.25) is 0 Å². The summed E-state index contributed by atoms with van der Waals surface area (Å²) < 4.78 is 0. The predicted octanol–water partition coefficient (Wildman–Crippen LogP) is 4.49. The average Bonchev–Trinajstić information content (AvgIpc) is 2.74. The first-order chi connectivity index (χ1) is 8.56. The smallest absolute Gasteiger partial charge is 0.202 e. The van der Waals surface area contributed by atoms with Crippen LogP contribution in [0.5, 0.6) is 0 Å². The fraction of sp³-hybridized carbons (Fsp3) is 0.312. The van der Waals surface area contributed by atoms with E-state index in [1.807, 2.05) is 37.3 Å². The highest BCUT2D eigenvalue weighted by molar-refractivity contribution is 7.14. The molecule has 0 unspecified atom stereocenters. The van der Waals surface area contributed by atoms with Crippen molar-refractivity contribution in [1.29, 1.82) is 0 Å². The van der Waals surface area contributed by atoms with Gasteiger partial charge in [-0.05, 0) is 43.0 Å². The maximum Gasteiger partial charge on any atom is 0.202 e. The standard InChI is InChI=1S/C16H18OS/c1-11(2)9-13-5-4-6-14(10-13)16(17)15-8-7-12(3)18-15/h4-8,10-11H,9H2,1-3H3. The van der Waals surface area contributed by atoms with E-state index >= 15 is 0 Å². The molecule has 1 heterocycles. The Morgan fingerprint density at radius 1 is 1.22 bits per heavy atom. The Hall–Kier alpha value is -1.41. The molecule has 0 saturated heterocycles. The van der Waals surface area contributed by atoms with Crippen molar-refractivity contribution in [2.75, 3.05) is 0 Å². The first-order valence-electron chi connectivity index (χ1n) is 6.26. The van der Waals surface area contributed by atoms with Crippen LogP contribution in [0.25, 0.3) is 0 Å². The zero-order valence-electron chi connectivity index (χ0n) is 11.1. The van der Waals surface area contributed by atoms with Gasteiger partial charge in [-0.25, -0.2) is 0 Å². The van der Waals surface area contributed by atoms with Crippen LogP contribution in [-0.2, 0) is 6.42 Å². The van der Waals surface area contributed by atoms with E-state index in [-0.39, 0.29) is 5.78 Å². The Morgan fingerprint density at radius 2 is 2.00 bits per heavy atom. The summed E-state index contributed by atoms with van der Waals surface area (Å²) in [6.45, 7) is 6.41. The zero-order chi connectivity index (χ0) is 13.1. The van der Waals surface area contributed by atoms with Gasteiger partial charge in [0.25, 0.3) is 0 Å². The molecule has 0 saturated carbocycles. The summed E-state index contributed by atoms with van der Waals surface area (Å²) >= 11 is 1.56. The van der Waals surface area contributed by atoms with Crippen LogP contribution in [0.1, 0.15) is 39.5 Å². The Morgan fingerprint density at radius 3 is 2.61 bits per heavy atom. The topological polar surface area (TPSA) is 17.1 Å². The maximum absolute atomic E-state index is 12.3. The summed E-state index contributed by atoms with van der Waals surface area (Å²) in [4.78, 5) is 14.3. The van der Waals surface area contributed by atoms with E-state index in [9.17, 15) is 4.79 Å². The van der Waals surface area contributed by atoms with Gasteiger partial charge in [-0.3, -0.25) is 4.79 Å². The monoisotopic (exact) mass is 258 g/mol. The van der Waals surface area contributed by atoms with Crippen LogP contribution in [0.15, 0.2) is 36.4 Å². The van der Waals surface area contributed by atoms with Crippen molar-refractivity contribution in [1.82, 2.24) is 0 Å². The summed E-state index contributed by atoms with van der Waals surface area (Å²) in [6, 6.07) is 11.9. The van der Waals surface area contributed by atoms with Crippen LogP contribution < -0.4 is 0 Å². The lowest BCUT2D eigenvalue weighted by Gasteiger charge is -2.06. The molecule has 0 aliphatic heterocycles. The number of hydrogen-bond acceptors (Lipinski definition) is 2. The van der Waals surface area contributed by atoms with Crippen molar-refractivity contribution in [2.24, 2.45) is 5.92 Å². The van der Waals surface area contributed by atoms with Crippen molar-refractivity contribution >= 4 is 17.1 Å². The van der Waals surface area contributed by atoms with E-state index in [4.69, 9.17) is 0 Å². The number of benzene rings is 1. The van der Waals surface area contributed by atoms with Crippen molar-refractivity contribution in [3.63, 3.8) is 0 Å². The van der Waals surface area contributed by atoms with Gasteiger partial charge in [0, 0.05) is 10.4 Å². The van der Waals surface area contributed by atoms with Crippen molar-refractivity contribution in [2.45, 2.75) is 27.2 Å². The molecule has 2 aromatic rings. The Kier molecular flexibility index (Phi) is 3.97. The van der Waals surface area contributed by atoms with Gasteiger partial charge in [0.1, 0.15) is 0 Å². The lowest BCUT2D eigenvalue weighted by atomic mass is 9.99.